The van der Waals surface area contributed by atoms with Gasteiger partial charge in [0.1, 0.15) is 5.82 Å². The summed E-state index contributed by atoms with van der Waals surface area (Å²) < 4.78 is 13.1. The van der Waals surface area contributed by atoms with E-state index in [1.54, 1.807) is 12.1 Å². The average molecular weight is 264 g/mol. The number of halogens is 1. The van der Waals surface area contributed by atoms with Crippen LogP contribution in [0, 0.1) is 5.82 Å². The molecule has 1 aliphatic carbocycles. The monoisotopic (exact) mass is 264 g/mol. The largest absolute Gasteiger partial charge is 0.355 e. The van der Waals surface area contributed by atoms with Crippen LogP contribution in [0.15, 0.2) is 24.3 Å². The van der Waals surface area contributed by atoms with E-state index >= 15 is 0 Å². The first-order valence-corrected chi connectivity index (χ1v) is 6.89. The van der Waals surface area contributed by atoms with E-state index < -0.39 is 0 Å². The van der Waals surface area contributed by atoms with Crippen molar-refractivity contribution in [1.82, 2.24) is 10.6 Å². The molecule has 1 saturated carbocycles. The summed E-state index contributed by atoms with van der Waals surface area (Å²) in [6.45, 7) is 4.44. The van der Waals surface area contributed by atoms with Crippen LogP contribution < -0.4 is 10.6 Å². The van der Waals surface area contributed by atoms with Crippen molar-refractivity contribution in [3.63, 3.8) is 0 Å². The lowest BCUT2D eigenvalue weighted by molar-refractivity contribution is -0.123. The highest BCUT2D eigenvalue weighted by Crippen LogP contribution is 2.37. The molecule has 1 amide bonds. The molecule has 0 spiro atoms. The summed E-state index contributed by atoms with van der Waals surface area (Å²) in [6, 6.07) is 6.98. The van der Waals surface area contributed by atoms with E-state index in [1.165, 1.54) is 6.07 Å². The number of likely N-dealkylation sites (N-methyl/N-ethyl adjacent to an activating group) is 1. The van der Waals surface area contributed by atoms with Crippen LogP contribution in [0.25, 0.3) is 0 Å². The zero-order valence-electron chi connectivity index (χ0n) is 11.4. The van der Waals surface area contributed by atoms with Gasteiger partial charge >= 0.3 is 0 Å². The summed E-state index contributed by atoms with van der Waals surface area (Å²) in [5, 5.41) is 6.11. The fourth-order valence-electron chi connectivity index (χ4n) is 2.54. The molecular weight excluding hydrogens is 243 g/mol. The maximum Gasteiger partial charge on any atom is 0.236 e. The molecule has 1 aliphatic rings. The van der Waals surface area contributed by atoms with Crippen molar-refractivity contribution in [2.24, 2.45) is 0 Å². The van der Waals surface area contributed by atoms with E-state index in [1.807, 2.05) is 19.9 Å². The van der Waals surface area contributed by atoms with Crippen molar-refractivity contribution in [2.45, 2.75) is 44.7 Å². The van der Waals surface area contributed by atoms with Crippen LogP contribution in [0.2, 0.25) is 0 Å². The maximum absolute atomic E-state index is 13.1. The van der Waals surface area contributed by atoms with Gasteiger partial charge in [0.25, 0.3) is 0 Å². The van der Waals surface area contributed by atoms with Crippen LogP contribution >= 0.6 is 0 Å². The Morgan fingerprint density at radius 3 is 2.84 bits per heavy atom. The zero-order valence-corrected chi connectivity index (χ0v) is 11.4. The van der Waals surface area contributed by atoms with Gasteiger partial charge in [-0.15, -0.1) is 0 Å². The molecule has 1 atom stereocenters. The smallest absolute Gasteiger partial charge is 0.236 e. The number of benzene rings is 1. The standard InChI is InChI=1S/C15H21FN2O/c1-3-17-15(19)10(2)18-14-8-12(9-14)11-5-4-6-13(16)7-11/h4-7,10,12,14,18H,3,8-9H2,1-2H3,(H,17,19). The van der Waals surface area contributed by atoms with Crippen LogP contribution in [0.4, 0.5) is 4.39 Å². The minimum Gasteiger partial charge on any atom is -0.355 e. The summed E-state index contributed by atoms with van der Waals surface area (Å²) in [7, 11) is 0. The molecule has 2 N–H and O–H groups in total. The molecule has 0 bridgehead atoms. The Hall–Kier alpha value is -1.42. The van der Waals surface area contributed by atoms with Crippen molar-refractivity contribution in [1.29, 1.82) is 0 Å². The molecule has 1 unspecified atom stereocenters. The molecule has 0 aromatic heterocycles. The van der Waals surface area contributed by atoms with Gasteiger partial charge in [-0.2, -0.15) is 0 Å². The molecule has 1 aromatic rings. The van der Waals surface area contributed by atoms with Crippen LogP contribution in [-0.2, 0) is 4.79 Å². The second-order valence-electron chi connectivity index (χ2n) is 5.20. The molecule has 104 valence electrons. The van der Waals surface area contributed by atoms with Gasteiger partial charge in [-0.05, 0) is 50.3 Å². The summed E-state index contributed by atoms with van der Waals surface area (Å²) in [6.07, 6.45) is 1.93. The van der Waals surface area contributed by atoms with Crippen molar-refractivity contribution in [3.8, 4) is 0 Å². The van der Waals surface area contributed by atoms with E-state index in [0.717, 1.165) is 18.4 Å². The lowest BCUT2D eigenvalue weighted by atomic mass is 9.75. The summed E-state index contributed by atoms with van der Waals surface area (Å²) in [4.78, 5) is 11.6. The Morgan fingerprint density at radius 1 is 1.47 bits per heavy atom. The number of hydrogen-bond acceptors (Lipinski definition) is 2. The first kappa shape index (κ1) is 14.0. The number of amides is 1. The van der Waals surface area contributed by atoms with Crippen LogP contribution in [0.1, 0.15) is 38.2 Å². The lowest BCUT2D eigenvalue weighted by Crippen LogP contribution is -2.50. The fraction of sp³-hybridized carbons (Fsp3) is 0.533. The fourth-order valence-corrected chi connectivity index (χ4v) is 2.54. The average Bonchev–Trinajstić information content (AvgIpc) is 2.33. The molecule has 4 heteroatoms. The van der Waals surface area contributed by atoms with Gasteiger partial charge in [0, 0.05) is 12.6 Å². The molecule has 3 nitrogen and oxygen atoms in total. The Bertz CT molecular complexity index is 444. The summed E-state index contributed by atoms with van der Waals surface area (Å²) in [5.74, 6) is 0.274. The molecule has 1 fully saturated rings. The van der Waals surface area contributed by atoms with Crippen molar-refractivity contribution < 1.29 is 9.18 Å². The lowest BCUT2D eigenvalue weighted by Gasteiger charge is -2.37. The Morgan fingerprint density at radius 2 is 2.21 bits per heavy atom. The Labute approximate surface area is 113 Å². The number of carbonyl (C=O) groups is 1. The van der Waals surface area contributed by atoms with Gasteiger partial charge in [-0.25, -0.2) is 4.39 Å². The highest BCUT2D eigenvalue weighted by molar-refractivity contribution is 5.81. The highest BCUT2D eigenvalue weighted by atomic mass is 19.1. The predicted octanol–water partition coefficient (Wildman–Crippen LogP) is 2.19. The maximum atomic E-state index is 13.1. The van der Waals surface area contributed by atoms with Crippen molar-refractivity contribution in [2.75, 3.05) is 6.54 Å². The third-order valence-corrected chi connectivity index (χ3v) is 3.69. The zero-order chi connectivity index (χ0) is 13.8. The predicted molar refractivity (Wildman–Crippen MR) is 73.4 cm³/mol. The quantitative estimate of drug-likeness (QED) is 0.856. The number of carbonyl (C=O) groups excluding carboxylic acids is 1. The second-order valence-corrected chi connectivity index (χ2v) is 5.20. The Kier molecular flexibility index (Phi) is 4.53. The first-order valence-electron chi connectivity index (χ1n) is 6.89. The molecule has 0 heterocycles. The number of rotatable bonds is 5. The summed E-state index contributed by atoms with van der Waals surface area (Å²) >= 11 is 0. The first-order chi connectivity index (χ1) is 9.10. The van der Waals surface area contributed by atoms with Gasteiger partial charge in [-0.3, -0.25) is 4.79 Å². The van der Waals surface area contributed by atoms with E-state index in [4.69, 9.17) is 0 Å². The molecular formula is C15H21FN2O. The minimum absolute atomic E-state index is 0.0386. The third kappa shape index (κ3) is 3.53. The van der Waals surface area contributed by atoms with Gasteiger partial charge in [-0.1, -0.05) is 12.1 Å². The number of nitrogens with one attached hydrogen (secondary N) is 2. The highest BCUT2D eigenvalue weighted by Gasteiger charge is 2.32. The molecule has 2 rings (SSSR count). The van der Waals surface area contributed by atoms with Gasteiger partial charge in [0.2, 0.25) is 5.91 Å². The van der Waals surface area contributed by atoms with Crippen molar-refractivity contribution in [3.05, 3.63) is 35.6 Å². The topological polar surface area (TPSA) is 41.1 Å². The van der Waals surface area contributed by atoms with Crippen molar-refractivity contribution >= 4 is 5.91 Å². The van der Waals surface area contributed by atoms with Gasteiger partial charge < -0.3 is 10.6 Å². The SMILES string of the molecule is CCNC(=O)C(C)NC1CC(c2cccc(F)c2)C1. The van der Waals surface area contributed by atoms with E-state index in [2.05, 4.69) is 10.6 Å². The summed E-state index contributed by atoms with van der Waals surface area (Å²) in [5.41, 5.74) is 1.06. The molecule has 19 heavy (non-hydrogen) atoms. The third-order valence-electron chi connectivity index (χ3n) is 3.69. The van der Waals surface area contributed by atoms with E-state index in [0.29, 0.717) is 18.5 Å². The molecule has 0 aliphatic heterocycles. The van der Waals surface area contributed by atoms with Crippen LogP contribution in [-0.4, -0.2) is 24.5 Å². The molecule has 1 aromatic carbocycles. The van der Waals surface area contributed by atoms with E-state index in [9.17, 15) is 9.18 Å². The Balaban J connectivity index is 1.79. The van der Waals surface area contributed by atoms with Gasteiger partial charge in [0.05, 0.1) is 6.04 Å². The second kappa shape index (κ2) is 6.15. The van der Waals surface area contributed by atoms with Crippen LogP contribution in [0.5, 0.6) is 0 Å². The van der Waals surface area contributed by atoms with Crippen LogP contribution in [0.3, 0.4) is 0 Å². The molecule has 0 radical (unpaired) electrons. The van der Waals surface area contributed by atoms with E-state index in [-0.39, 0.29) is 17.8 Å². The molecule has 0 saturated heterocycles. The van der Waals surface area contributed by atoms with Gasteiger partial charge in [0.15, 0.2) is 0 Å². The minimum atomic E-state index is -0.176. The normalized spacial score (nSPS) is 23.5. The number of hydrogen-bond donors (Lipinski definition) is 2.